The van der Waals surface area contributed by atoms with Crippen molar-refractivity contribution in [1.29, 1.82) is 0 Å². The molecule has 104 valence electrons. The molecule has 0 aromatic rings. The van der Waals surface area contributed by atoms with Gasteiger partial charge in [-0.15, -0.1) is 0 Å². The van der Waals surface area contributed by atoms with Gasteiger partial charge in [-0.1, -0.05) is 0 Å². The van der Waals surface area contributed by atoms with Crippen LogP contribution in [-0.4, -0.2) is 39.2 Å². The molecule has 7 heteroatoms. The van der Waals surface area contributed by atoms with Gasteiger partial charge in [-0.3, -0.25) is 0 Å². The van der Waals surface area contributed by atoms with Crippen LogP contribution in [0, 0.1) is 0 Å². The molecule has 1 heterocycles. The first-order valence-corrected chi connectivity index (χ1v) is 5.54. The van der Waals surface area contributed by atoms with E-state index in [1.54, 1.807) is 20.8 Å². The lowest BCUT2D eigenvalue weighted by Crippen LogP contribution is -2.58. The maximum atomic E-state index is 13.5. The van der Waals surface area contributed by atoms with Crippen molar-refractivity contribution in [2.45, 2.75) is 58.3 Å². The molecule has 1 amide bonds. The van der Waals surface area contributed by atoms with Crippen LogP contribution in [-0.2, 0) is 4.74 Å². The van der Waals surface area contributed by atoms with Crippen LogP contribution in [0.15, 0.2) is 5.10 Å². The van der Waals surface area contributed by atoms with Gasteiger partial charge in [-0.25, -0.2) is 13.6 Å². The van der Waals surface area contributed by atoms with Crippen molar-refractivity contribution in [3.8, 4) is 0 Å². The molecule has 0 saturated heterocycles. The fourth-order valence-corrected chi connectivity index (χ4v) is 1.56. The monoisotopic (exact) mass is 264 g/mol. The minimum atomic E-state index is -3.51. The standard InChI is InChI=1S/C11H18F2N2O3/c1-7-6-11(17,10(5,12)13)15(14-7)8(16)18-9(2,3)4/h17H,6H2,1-5H3/t11-/m0/s1. The van der Waals surface area contributed by atoms with Gasteiger partial charge in [0, 0.05) is 19.1 Å². The van der Waals surface area contributed by atoms with Crippen LogP contribution in [0.1, 0.15) is 41.0 Å². The first-order valence-electron chi connectivity index (χ1n) is 5.54. The summed E-state index contributed by atoms with van der Waals surface area (Å²) >= 11 is 0. The number of ether oxygens (including phenoxy) is 1. The largest absolute Gasteiger partial charge is 0.442 e. The Morgan fingerprint density at radius 3 is 2.33 bits per heavy atom. The Hall–Kier alpha value is -1.24. The fourth-order valence-electron chi connectivity index (χ4n) is 1.56. The summed E-state index contributed by atoms with van der Waals surface area (Å²) in [6.45, 7) is 6.79. The molecule has 0 saturated carbocycles. The molecule has 1 N–H and O–H groups in total. The Morgan fingerprint density at radius 2 is 1.94 bits per heavy atom. The summed E-state index contributed by atoms with van der Waals surface area (Å²) in [7, 11) is 0. The van der Waals surface area contributed by atoms with Gasteiger partial charge in [0.05, 0.1) is 0 Å². The highest BCUT2D eigenvalue weighted by molar-refractivity contribution is 5.87. The smallest absolute Gasteiger partial charge is 0.433 e. The zero-order chi connectivity index (χ0) is 14.4. The summed E-state index contributed by atoms with van der Waals surface area (Å²) in [5.41, 5.74) is -3.28. The maximum Gasteiger partial charge on any atom is 0.433 e. The number of rotatable bonds is 1. The second kappa shape index (κ2) is 4.15. The zero-order valence-electron chi connectivity index (χ0n) is 11.1. The minimum absolute atomic E-state index is 0.241. The van der Waals surface area contributed by atoms with E-state index in [-0.39, 0.29) is 5.71 Å². The summed E-state index contributed by atoms with van der Waals surface area (Å²) in [4.78, 5) is 11.8. The van der Waals surface area contributed by atoms with E-state index < -0.39 is 29.8 Å². The summed E-state index contributed by atoms with van der Waals surface area (Å²) in [6, 6.07) is 0. The molecule has 0 radical (unpaired) electrons. The predicted molar refractivity (Wildman–Crippen MR) is 61.4 cm³/mol. The summed E-state index contributed by atoms with van der Waals surface area (Å²) in [5.74, 6) is -3.51. The number of alkyl halides is 2. The van der Waals surface area contributed by atoms with Gasteiger partial charge in [-0.2, -0.15) is 10.1 Å². The Kier molecular flexibility index (Phi) is 3.42. The van der Waals surface area contributed by atoms with Crippen molar-refractivity contribution in [2.75, 3.05) is 0 Å². The number of hydrogen-bond acceptors (Lipinski definition) is 4. The van der Waals surface area contributed by atoms with Gasteiger partial charge in [0.25, 0.3) is 5.92 Å². The second-order valence-electron chi connectivity index (χ2n) is 5.51. The van der Waals surface area contributed by atoms with Crippen molar-refractivity contribution in [3.05, 3.63) is 0 Å². The van der Waals surface area contributed by atoms with Gasteiger partial charge < -0.3 is 9.84 Å². The van der Waals surface area contributed by atoms with Crippen LogP contribution in [0.3, 0.4) is 0 Å². The molecule has 1 aliphatic rings. The number of hydrogen-bond donors (Lipinski definition) is 1. The molecule has 0 aromatic heterocycles. The molecule has 5 nitrogen and oxygen atoms in total. The molecule has 1 atom stereocenters. The third kappa shape index (κ3) is 2.77. The van der Waals surface area contributed by atoms with Crippen LogP contribution >= 0.6 is 0 Å². The molecule has 1 aliphatic heterocycles. The molecule has 0 aliphatic carbocycles. The number of aliphatic hydroxyl groups is 1. The maximum absolute atomic E-state index is 13.5. The normalized spacial score (nSPS) is 25.1. The van der Waals surface area contributed by atoms with E-state index in [9.17, 15) is 18.7 Å². The lowest BCUT2D eigenvalue weighted by atomic mass is 10.0. The number of hydrazone groups is 1. The SMILES string of the molecule is CC1=NN(C(=O)OC(C)(C)C)[C@@](O)(C(C)(F)F)C1. The summed E-state index contributed by atoms with van der Waals surface area (Å²) in [5, 5.41) is 14.0. The van der Waals surface area contributed by atoms with Crippen molar-refractivity contribution in [1.82, 2.24) is 5.01 Å². The lowest BCUT2D eigenvalue weighted by molar-refractivity contribution is -0.228. The number of nitrogens with zero attached hydrogens (tertiary/aromatic N) is 2. The lowest BCUT2D eigenvalue weighted by Gasteiger charge is -2.36. The number of carbonyl (C=O) groups excluding carboxylic acids is 1. The van der Waals surface area contributed by atoms with Crippen LogP contribution in [0.2, 0.25) is 0 Å². The van der Waals surface area contributed by atoms with Gasteiger partial charge in [0.15, 0.2) is 0 Å². The molecule has 0 aromatic carbocycles. The van der Waals surface area contributed by atoms with Gasteiger partial charge in [-0.05, 0) is 27.7 Å². The molecule has 1 rings (SSSR count). The van der Waals surface area contributed by atoms with Gasteiger partial charge in [0.2, 0.25) is 5.72 Å². The van der Waals surface area contributed by atoms with Crippen LogP contribution in [0.25, 0.3) is 0 Å². The molecule has 18 heavy (non-hydrogen) atoms. The highest BCUT2D eigenvalue weighted by Gasteiger charge is 2.59. The highest BCUT2D eigenvalue weighted by Crippen LogP contribution is 2.39. The minimum Gasteiger partial charge on any atom is -0.442 e. The molecule has 0 bridgehead atoms. The average Bonchev–Trinajstić information content (AvgIpc) is 2.38. The van der Waals surface area contributed by atoms with Crippen LogP contribution in [0.4, 0.5) is 13.6 Å². The van der Waals surface area contributed by atoms with Crippen molar-refractivity contribution < 1.29 is 23.4 Å². The van der Waals surface area contributed by atoms with Crippen molar-refractivity contribution in [2.24, 2.45) is 5.10 Å². The Bertz CT molecular complexity index is 385. The first-order chi connectivity index (χ1) is 7.87. The van der Waals surface area contributed by atoms with Crippen molar-refractivity contribution >= 4 is 11.8 Å². The third-order valence-corrected chi connectivity index (χ3v) is 2.39. The molecular weight excluding hydrogens is 246 g/mol. The molecule has 0 unspecified atom stereocenters. The van der Waals surface area contributed by atoms with E-state index in [4.69, 9.17) is 4.74 Å². The Labute approximate surface area is 104 Å². The van der Waals surface area contributed by atoms with E-state index in [2.05, 4.69) is 5.10 Å². The van der Waals surface area contributed by atoms with E-state index in [1.807, 2.05) is 0 Å². The zero-order valence-corrected chi connectivity index (χ0v) is 11.1. The molecule has 0 fully saturated rings. The number of carbonyl (C=O) groups is 1. The fraction of sp³-hybridized carbons (Fsp3) is 0.818. The van der Waals surface area contributed by atoms with E-state index in [0.717, 1.165) is 0 Å². The third-order valence-electron chi connectivity index (χ3n) is 2.39. The number of halogens is 2. The van der Waals surface area contributed by atoms with Crippen LogP contribution in [0.5, 0.6) is 0 Å². The Balaban J connectivity index is 3.02. The second-order valence-corrected chi connectivity index (χ2v) is 5.51. The molecular formula is C11H18F2N2O3. The van der Waals surface area contributed by atoms with Crippen molar-refractivity contribution in [3.63, 3.8) is 0 Å². The summed E-state index contributed by atoms with van der Waals surface area (Å²) < 4.78 is 31.9. The highest BCUT2D eigenvalue weighted by atomic mass is 19.3. The Morgan fingerprint density at radius 1 is 1.44 bits per heavy atom. The number of amides is 1. The van der Waals surface area contributed by atoms with Crippen LogP contribution < -0.4 is 0 Å². The molecule has 0 spiro atoms. The quantitative estimate of drug-likeness (QED) is 0.790. The predicted octanol–water partition coefficient (Wildman–Crippen LogP) is 2.35. The average molecular weight is 264 g/mol. The topological polar surface area (TPSA) is 62.1 Å². The van der Waals surface area contributed by atoms with Gasteiger partial charge >= 0.3 is 6.09 Å². The van der Waals surface area contributed by atoms with Gasteiger partial charge in [0.1, 0.15) is 5.60 Å². The van der Waals surface area contributed by atoms with E-state index >= 15 is 0 Å². The van der Waals surface area contributed by atoms with E-state index in [1.165, 1.54) is 6.92 Å². The summed E-state index contributed by atoms with van der Waals surface area (Å²) in [6.07, 6.45) is -1.50. The first kappa shape index (κ1) is 14.8. The van der Waals surface area contributed by atoms with E-state index in [0.29, 0.717) is 11.9 Å².